The first-order valence-corrected chi connectivity index (χ1v) is 19.5. The van der Waals surface area contributed by atoms with E-state index in [4.69, 9.17) is 40.9 Å². The fourth-order valence-corrected chi connectivity index (χ4v) is 17.6. The molecule has 13 nitrogen and oxygen atoms in total. The summed E-state index contributed by atoms with van der Waals surface area (Å²) in [5.41, 5.74) is 14.9. The number of Topliss-reactive ketones (excluding diaryl/α,β-unsaturated/α-hetero) is 2. The summed E-state index contributed by atoms with van der Waals surface area (Å²) in [6.07, 6.45) is 7.71. The van der Waals surface area contributed by atoms with Crippen molar-refractivity contribution in [3.8, 4) is 0 Å². The minimum absolute atomic E-state index is 0.00471. The first-order valence-electron chi connectivity index (χ1n) is 19.5. The maximum atomic E-state index is 14.0. The second-order valence-corrected chi connectivity index (χ2v) is 20.2. The van der Waals surface area contributed by atoms with Crippen molar-refractivity contribution >= 4 is 29.5 Å². The number of esters is 3. The SMILES string of the molecule is NC(N)(N)C(=O)OC12CC3CC4C5(OC(COC(=O)C67CC8CC9C(=O)C(C6)C89C7)C(COC(=O)C67CC8CC9C(=O)C(C6)C97C8)O5)C(C1)C34C2. The van der Waals surface area contributed by atoms with E-state index in [1.54, 1.807) is 0 Å². The second-order valence-electron chi connectivity index (χ2n) is 20.2. The normalized spacial score (nSPS) is 61.0. The van der Waals surface area contributed by atoms with Gasteiger partial charge in [-0.1, -0.05) is 0 Å². The maximum Gasteiger partial charge on any atom is 0.357 e. The molecule has 18 atom stereocenters. The van der Waals surface area contributed by atoms with E-state index < -0.39 is 46.2 Å². The highest BCUT2D eigenvalue weighted by atomic mass is 16.8. The summed E-state index contributed by atoms with van der Waals surface area (Å²) in [7, 11) is 0. The largest absolute Gasteiger partial charge is 0.462 e. The molecule has 1 aliphatic heterocycles. The summed E-state index contributed by atoms with van der Waals surface area (Å²) in [4.78, 5) is 66.2. The summed E-state index contributed by atoms with van der Waals surface area (Å²) >= 11 is 0. The van der Waals surface area contributed by atoms with E-state index in [0.29, 0.717) is 55.0 Å². The molecule has 6 bridgehead atoms. The molecule has 12 aliphatic carbocycles. The summed E-state index contributed by atoms with van der Waals surface area (Å²) in [6.45, 7) is -0.0682. The van der Waals surface area contributed by atoms with Crippen molar-refractivity contribution in [2.24, 2.45) is 97.5 Å². The molecule has 0 radical (unpaired) electrons. The Bertz CT molecular complexity index is 1850. The highest BCUT2D eigenvalue weighted by molar-refractivity contribution is 6.00. The topological polar surface area (TPSA) is 210 Å². The van der Waals surface area contributed by atoms with E-state index >= 15 is 0 Å². The van der Waals surface area contributed by atoms with Crippen LogP contribution in [0.5, 0.6) is 0 Å². The Kier molecular flexibility index (Phi) is 4.78. The zero-order valence-electron chi connectivity index (χ0n) is 28.6. The number of nitrogens with two attached hydrogens (primary N) is 3. The van der Waals surface area contributed by atoms with E-state index in [1.165, 1.54) is 0 Å². The fourth-order valence-electron chi connectivity index (χ4n) is 17.6. The van der Waals surface area contributed by atoms with Crippen LogP contribution in [0.3, 0.4) is 0 Å². The Balaban J connectivity index is 0.763. The third kappa shape index (κ3) is 2.78. The first kappa shape index (κ1) is 29.9. The quantitative estimate of drug-likeness (QED) is 0.182. The predicted molar refractivity (Wildman–Crippen MR) is 168 cm³/mol. The Morgan fingerprint density at radius 2 is 1.43 bits per heavy atom. The lowest BCUT2D eigenvalue weighted by Gasteiger charge is -2.73. The van der Waals surface area contributed by atoms with E-state index in [-0.39, 0.29) is 76.9 Å². The molecule has 13 aliphatic rings. The molecule has 18 unspecified atom stereocenters. The van der Waals surface area contributed by atoms with E-state index in [1.807, 2.05) is 0 Å². The Hall–Kier alpha value is -2.45. The summed E-state index contributed by atoms with van der Waals surface area (Å²) < 4.78 is 32.2. The van der Waals surface area contributed by atoms with Crippen LogP contribution in [-0.2, 0) is 47.7 Å². The Morgan fingerprint density at radius 1 is 0.706 bits per heavy atom. The number of hydrogen-bond acceptors (Lipinski definition) is 13. The van der Waals surface area contributed by atoms with Gasteiger partial charge in [0.25, 0.3) is 0 Å². The van der Waals surface area contributed by atoms with Crippen LogP contribution < -0.4 is 17.2 Å². The molecule has 0 aromatic rings. The highest BCUT2D eigenvalue weighted by Gasteiger charge is 2.91. The fraction of sp³-hybridized carbons (Fsp3) is 0.868. The zero-order valence-corrected chi connectivity index (χ0v) is 28.6. The van der Waals surface area contributed by atoms with Crippen molar-refractivity contribution in [2.75, 3.05) is 13.2 Å². The minimum Gasteiger partial charge on any atom is -0.462 e. The van der Waals surface area contributed by atoms with Gasteiger partial charge in [-0.3, -0.25) is 36.4 Å². The maximum absolute atomic E-state index is 14.0. The van der Waals surface area contributed by atoms with Gasteiger partial charge in [-0.25, -0.2) is 4.79 Å². The number of carbonyl (C=O) groups is 5. The molecule has 4 spiro atoms. The third-order valence-electron chi connectivity index (χ3n) is 19.0. The van der Waals surface area contributed by atoms with Gasteiger partial charge >= 0.3 is 17.9 Å². The van der Waals surface area contributed by atoms with Crippen LogP contribution >= 0.6 is 0 Å². The molecule has 0 amide bonds. The van der Waals surface area contributed by atoms with Gasteiger partial charge in [-0.2, -0.15) is 0 Å². The van der Waals surface area contributed by atoms with Gasteiger partial charge in [0.1, 0.15) is 42.6 Å². The molecule has 1 heterocycles. The van der Waals surface area contributed by atoms with Crippen molar-refractivity contribution in [2.45, 2.75) is 106 Å². The monoisotopic (exact) mass is 703 g/mol. The molecule has 0 aromatic carbocycles. The van der Waals surface area contributed by atoms with Crippen LogP contribution in [0.15, 0.2) is 0 Å². The van der Waals surface area contributed by atoms with Crippen LogP contribution in [0.4, 0.5) is 0 Å². The molecule has 13 fully saturated rings. The predicted octanol–water partition coefficient (Wildman–Crippen LogP) is 0.825. The van der Waals surface area contributed by atoms with Crippen LogP contribution in [0.25, 0.3) is 0 Å². The molecule has 272 valence electrons. The van der Waals surface area contributed by atoms with Crippen LogP contribution in [0, 0.1) is 80.3 Å². The number of ether oxygens (including phenoxy) is 5. The van der Waals surface area contributed by atoms with Gasteiger partial charge in [-0.05, 0) is 106 Å². The Labute approximate surface area is 294 Å². The lowest BCUT2D eigenvalue weighted by Crippen LogP contribution is -2.77. The van der Waals surface area contributed by atoms with Crippen LogP contribution in [0.2, 0.25) is 0 Å². The molecular weight excluding hydrogens is 658 g/mol. The number of carbonyl (C=O) groups excluding carboxylic acids is 5. The highest BCUT2D eigenvalue weighted by Crippen LogP contribution is 2.88. The zero-order chi connectivity index (χ0) is 34.7. The average molecular weight is 704 g/mol. The van der Waals surface area contributed by atoms with Gasteiger partial charge in [0.2, 0.25) is 5.79 Å². The van der Waals surface area contributed by atoms with Crippen LogP contribution in [0.1, 0.15) is 77.0 Å². The minimum atomic E-state index is -2.09. The summed E-state index contributed by atoms with van der Waals surface area (Å²) in [6, 6.07) is 0. The number of hydrogen-bond donors (Lipinski definition) is 3. The van der Waals surface area contributed by atoms with Gasteiger partial charge in [-0.15, -0.1) is 0 Å². The second kappa shape index (κ2) is 8.13. The summed E-state index contributed by atoms with van der Waals surface area (Å²) in [5, 5.41) is 0. The van der Waals surface area contributed by atoms with Gasteiger partial charge in [0.15, 0.2) is 5.79 Å². The van der Waals surface area contributed by atoms with Crippen molar-refractivity contribution < 1.29 is 47.7 Å². The number of ketones is 2. The molecule has 12 saturated carbocycles. The van der Waals surface area contributed by atoms with Gasteiger partial charge < -0.3 is 23.7 Å². The smallest absolute Gasteiger partial charge is 0.357 e. The molecular formula is C38H45N3O10. The average Bonchev–Trinajstić information content (AvgIpc) is 3.90. The lowest BCUT2D eigenvalue weighted by atomic mass is 9.31. The van der Waals surface area contributed by atoms with E-state index in [0.717, 1.165) is 51.4 Å². The molecule has 13 heteroatoms. The third-order valence-corrected chi connectivity index (χ3v) is 19.0. The number of fused-ring (bicyclic) bond motifs is 5. The van der Waals surface area contributed by atoms with E-state index in [2.05, 4.69) is 0 Å². The molecule has 0 aromatic heterocycles. The van der Waals surface area contributed by atoms with Crippen molar-refractivity contribution in [1.29, 1.82) is 0 Å². The standard InChI is InChI=1S/C38H45N3O10/c39-38(40,41)30(46)51-32-7-17-3-24-35(17,14-32)25(10-32)37(24)49-22(11-47-28(44)31-6-16-2-18-26(42)20(8-31)34(16,18)13-31)23(50-37)12-48-29(45)33-4-15-1-19-27(43)21(9-33)36(19,33)5-15/h15-25H,1-14,39-41H2. The Morgan fingerprint density at radius 3 is 2.18 bits per heavy atom. The van der Waals surface area contributed by atoms with Crippen molar-refractivity contribution in [3.63, 3.8) is 0 Å². The summed E-state index contributed by atoms with van der Waals surface area (Å²) in [5.74, 6) is -2.36. The van der Waals surface area contributed by atoms with Crippen molar-refractivity contribution in [1.82, 2.24) is 0 Å². The van der Waals surface area contributed by atoms with Crippen LogP contribution in [-0.4, -0.2) is 72.1 Å². The van der Waals surface area contributed by atoms with Gasteiger partial charge in [0, 0.05) is 40.9 Å². The van der Waals surface area contributed by atoms with Crippen molar-refractivity contribution in [3.05, 3.63) is 0 Å². The molecule has 6 N–H and O–H groups in total. The van der Waals surface area contributed by atoms with E-state index in [9.17, 15) is 24.0 Å². The molecule has 1 saturated heterocycles. The lowest BCUT2D eigenvalue weighted by molar-refractivity contribution is -0.412. The number of rotatable bonds is 8. The molecule has 13 rings (SSSR count). The first-order chi connectivity index (χ1) is 24.2. The van der Waals surface area contributed by atoms with Gasteiger partial charge in [0.05, 0.1) is 10.8 Å². The molecule has 51 heavy (non-hydrogen) atoms.